The predicted molar refractivity (Wildman–Crippen MR) is 70.1 cm³/mol. The Hall–Kier alpha value is -1.30. The Kier molecular flexibility index (Phi) is 2.89. The fourth-order valence-corrected chi connectivity index (χ4v) is 2.73. The van der Waals surface area contributed by atoms with Crippen molar-refractivity contribution in [2.75, 3.05) is 13.1 Å². The summed E-state index contributed by atoms with van der Waals surface area (Å²) in [4.78, 5) is 14.8. The zero-order valence-corrected chi connectivity index (χ0v) is 10.4. The Balaban J connectivity index is 2.16. The van der Waals surface area contributed by atoms with Gasteiger partial charge in [0.05, 0.1) is 23.2 Å². The maximum atomic E-state index is 12.0. The van der Waals surface area contributed by atoms with Gasteiger partial charge in [-0.1, -0.05) is 11.6 Å². The first-order valence-electron chi connectivity index (χ1n) is 5.95. The van der Waals surface area contributed by atoms with Gasteiger partial charge < -0.3 is 15.4 Å². The number of aliphatic hydroxyl groups is 1. The van der Waals surface area contributed by atoms with Crippen LogP contribution in [0.5, 0.6) is 0 Å². The first-order valence-corrected chi connectivity index (χ1v) is 6.33. The van der Waals surface area contributed by atoms with Crippen molar-refractivity contribution >= 4 is 22.6 Å². The van der Waals surface area contributed by atoms with Gasteiger partial charge in [-0.05, 0) is 31.2 Å². The van der Waals surface area contributed by atoms with Gasteiger partial charge in [0.2, 0.25) is 0 Å². The van der Waals surface area contributed by atoms with E-state index < -0.39 is 6.10 Å². The Morgan fingerprint density at radius 2 is 2.28 bits per heavy atom. The van der Waals surface area contributed by atoms with Crippen LogP contribution >= 0.6 is 11.6 Å². The minimum Gasteiger partial charge on any atom is -0.390 e. The largest absolute Gasteiger partial charge is 0.390 e. The lowest BCUT2D eigenvalue weighted by atomic mass is 10.0. The second kappa shape index (κ2) is 4.42. The number of imidazole rings is 1. The van der Waals surface area contributed by atoms with Gasteiger partial charge in [0, 0.05) is 11.6 Å². The van der Waals surface area contributed by atoms with Crippen LogP contribution in [0, 0.1) is 0 Å². The van der Waals surface area contributed by atoms with Crippen molar-refractivity contribution in [3.63, 3.8) is 0 Å². The molecule has 0 saturated carbocycles. The van der Waals surface area contributed by atoms with Crippen LogP contribution in [0.1, 0.15) is 12.5 Å². The van der Waals surface area contributed by atoms with Gasteiger partial charge in [-0.25, -0.2) is 4.79 Å². The lowest BCUT2D eigenvalue weighted by Crippen LogP contribution is -2.43. The van der Waals surface area contributed by atoms with Gasteiger partial charge in [0.1, 0.15) is 0 Å². The number of H-pyrrole nitrogens is 1. The summed E-state index contributed by atoms with van der Waals surface area (Å²) in [7, 11) is 0. The van der Waals surface area contributed by atoms with Crippen LogP contribution in [0.15, 0.2) is 23.0 Å². The van der Waals surface area contributed by atoms with E-state index in [2.05, 4.69) is 10.3 Å². The number of rotatable bonds is 1. The number of hydrogen-bond donors (Lipinski definition) is 3. The molecular weight excluding hydrogens is 254 g/mol. The average molecular weight is 268 g/mol. The smallest absolute Gasteiger partial charge is 0.326 e. The predicted octanol–water partition coefficient (Wildman–Crippen LogP) is 0.878. The fraction of sp³-hybridized carbons (Fsp3) is 0.417. The first-order chi connectivity index (χ1) is 8.66. The molecule has 2 atom stereocenters. The highest BCUT2D eigenvalue weighted by molar-refractivity contribution is 6.31. The lowest BCUT2D eigenvalue weighted by Gasteiger charge is -2.29. The second-order valence-electron chi connectivity index (χ2n) is 4.59. The van der Waals surface area contributed by atoms with Crippen molar-refractivity contribution in [2.24, 2.45) is 0 Å². The summed E-state index contributed by atoms with van der Waals surface area (Å²) in [6.07, 6.45) is 0.183. The number of aromatic amines is 1. The van der Waals surface area contributed by atoms with Crippen LogP contribution in [-0.2, 0) is 0 Å². The van der Waals surface area contributed by atoms with Gasteiger partial charge in [-0.2, -0.15) is 0 Å². The van der Waals surface area contributed by atoms with Gasteiger partial charge in [-0.15, -0.1) is 0 Å². The van der Waals surface area contributed by atoms with Crippen molar-refractivity contribution in [1.82, 2.24) is 14.9 Å². The molecule has 5 nitrogen and oxygen atoms in total. The molecule has 3 N–H and O–H groups in total. The zero-order chi connectivity index (χ0) is 12.7. The van der Waals surface area contributed by atoms with Crippen molar-refractivity contribution in [2.45, 2.75) is 18.6 Å². The normalized spacial score (nSPS) is 24.6. The number of nitrogens with zero attached hydrogens (tertiary/aromatic N) is 1. The van der Waals surface area contributed by atoms with E-state index in [4.69, 9.17) is 11.6 Å². The Morgan fingerprint density at radius 1 is 1.44 bits per heavy atom. The molecular formula is C12H14ClN3O2. The summed E-state index contributed by atoms with van der Waals surface area (Å²) in [5.74, 6) is 0. The van der Waals surface area contributed by atoms with Gasteiger partial charge in [0.25, 0.3) is 0 Å². The third-order valence-electron chi connectivity index (χ3n) is 3.42. The van der Waals surface area contributed by atoms with Crippen LogP contribution in [0.3, 0.4) is 0 Å². The minimum absolute atomic E-state index is 0.186. The van der Waals surface area contributed by atoms with Gasteiger partial charge in [0.15, 0.2) is 0 Å². The number of β-amino-alcohol motifs (C(OH)–C–C–N with tert-alkyl or cyclic N) is 1. The molecule has 96 valence electrons. The van der Waals surface area contributed by atoms with Crippen LogP contribution in [0.4, 0.5) is 0 Å². The van der Waals surface area contributed by atoms with Crippen molar-refractivity contribution < 1.29 is 5.11 Å². The van der Waals surface area contributed by atoms with E-state index in [9.17, 15) is 9.90 Å². The molecule has 1 saturated heterocycles. The summed E-state index contributed by atoms with van der Waals surface area (Å²) >= 11 is 5.90. The highest BCUT2D eigenvalue weighted by atomic mass is 35.5. The Labute approximate surface area is 108 Å². The number of nitrogens with one attached hydrogen (secondary N) is 2. The summed E-state index contributed by atoms with van der Waals surface area (Å²) in [5, 5.41) is 13.7. The molecule has 1 aromatic heterocycles. The van der Waals surface area contributed by atoms with Crippen molar-refractivity contribution in [3.8, 4) is 0 Å². The third-order valence-corrected chi connectivity index (χ3v) is 3.66. The second-order valence-corrected chi connectivity index (χ2v) is 5.03. The summed E-state index contributed by atoms with van der Waals surface area (Å²) in [6, 6.07) is 5.10. The number of benzene rings is 1. The number of hydrogen-bond acceptors (Lipinski definition) is 3. The molecule has 1 aliphatic rings. The molecule has 0 amide bonds. The van der Waals surface area contributed by atoms with Gasteiger partial charge in [-0.3, -0.25) is 4.57 Å². The highest BCUT2D eigenvalue weighted by Gasteiger charge is 2.27. The molecule has 1 aliphatic heterocycles. The van der Waals surface area contributed by atoms with E-state index >= 15 is 0 Å². The number of aliphatic hydroxyl groups excluding tert-OH is 1. The standard InChI is InChI=1S/C12H14ClN3O2/c13-7-1-2-9-8(5-7)15-12(18)16(9)10-3-4-14-6-11(10)17/h1-2,5,10-11,14,17H,3-4,6H2,(H,15,18)/t10-,11+/m0/s1. The quantitative estimate of drug-likeness (QED) is 0.718. The maximum Gasteiger partial charge on any atom is 0.326 e. The van der Waals surface area contributed by atoms with Crippen LogP contribution in [-0.4, -0.2) is 33.9 Å². The van der Waals surface area contributed by atoms with Crippen molar-refractivity contribution in [3.05, 3.63) is 33.7 Å². The molecule has 0 bridgehead atoms. The molecule has 6 heteroatoms. The fourth-order valence-electron chi connectivity index (χ4n) is 2.56. The summed E-state index contributed by atoms with van der Waals surface area (Å²) in [5.41, 5.74) is 1.30. The van der Waals surface area contributed by atoms with Crippen molar-refractivity contribution in [1.29, 1.82) is 0 Å². The summed E-state index contributed by atoms with van der Waals surface area (Å²) in [6.45, 7) is 1.31. The average Bonchev–Trinajstić information content (AvgIpc) is 2.65. The van der Waals surface area contributed by atoms with Crippen LogP contribution < -0.4 is 11.0 Å². The molecule has 0 unspecified atom stereocenters. The number of fused-ring (bicyclic) bond motifs is 1. The lowest BCUT2D eigenvalue weighted by molar-refractivity contribution is 0.0876. The number of aromatic nitrogens is 2. The molecule has 2 aromatic rings. The maximum absolute atomic E-state index is 12.0. The van der Waals surface area contributed by atoms with E-state index in [1.807, 2.05) is 6.07 Å². The molecule has 0 spiro atoms. The Bertz CT molecular complexity index is 634. The highest BCUT2D eigenvalue weighted by Crippen LogP contribution is 2.24. The number of halogens is 1. The van der Waals surface area contributed by atoms with E-state index in [-0.39, 0.29) is 11.7 Å². The molecule has 0 aliphatic carbocycles. The van der Waals surface area contributed by atoms with Crippen LogP contribution in [0.25, 0.3) is 11.0 Å². The topological polar surface area (TPSA) is 70.0 Å². The SMILES string of the molecule is O=c1[nH]c2cc(Cl)ccc2n1[C@H]1CCNC[C@H]1O. The van der Waals surface area contributed by atoms with Crippen LogP contribution in [0.2, 0.25) is 5.02 Å². The first kappa shape index (κ1) is 11.8. The summed E-state index contributed by atoms with van der Waals surface area (Å²) < 4.78 is 1.64. The zero-order valence-electron chi connectivity index (χ0n) is 9.69. The third kappa shape index (κ3) is 1.84. The molecule has 18 heavy (non-hydrogen) atoms. The minimum atomic E-state index is -0.550. The molecule has 1 fully saturated rings. The van der Waals surface area contributed by atoms with E-state index in [0.717, 1.165) is 18.5 Å². The van der Waals surface area contributed by atoms with E-state index in [0.29, 0.717) is 17.1 Å². The number of piperidine rings is 1. The van der Waals surface area contributed by atoms with E-state index in [1.165, 1.54) is 0 Å². The molecule has 1 aromatic carbocycles. The molecule has 0 radical (unpaired) electrons. The van der Waals surface area contributed by atoms with Gasteiger partial charge >= 0.3 is 5.69 Å². The monoisotopic (exact) mass is 267 g/mol. The molecule has 2 heterocycles. The molecule has 3 rings (SSSR count). The van der Waals surface area contributed by atoms with E-state index in [1.54, 1.807) is 16.7 Å². The Morgan fingerprint density at radius 3 is 3.06 bits per heavy atom.